The molecule has 2 aromatic rings. The van der Waals surface area contributed by atoms with Gasteiger partial charge >= 0.3 is 5.97 Å². The number of rotatable bonds is 5. The number of benzene rings is 2. The summed E-state index contributed by atoms with van der Waals surface area (Å²) in [4.78, 5) is 23.7. The number of hydrogen-bond donors (Lipinski definition) is 1. The Hall–Kier alpha value is -2.85. The summed E-state index contributed by atoms with van der Waals surface area (Å²) in [5.74, 6) is -0.388. The SMILES string of the molecule is C/C=C/C=C/C(=O)Oc1ccc(NC(=O)c2ccccc2Cl)cc1. The molecule has 0 fully saturated rings. The first-order valence-corrected chi connectivity index (χ1v) is 7.65. The van der Waals surface area contributed by atoms with E-state index in [1.165, 1.54) is 6.08 Å². The summed E-state index contributed by atoms with van der Waals surface area (Å²) in [6, 6.07) is 13.3. The first-order chi connectivity index (χ1) is 11.6. The maximum Gasteiger partial charge on any atom is 0.336 e. The van der Waals surface area contributed by atoms with Gasteiger partial charge in [-0.25, -0.2) is 4.79 Å². The van der Waals surface area contributed by atoms with E-state index in [2.05, 4.69) is 5.32 Å². The van der Waals surface area contributed by atoms with Gasteiger partial charge in [0.2, 0.25) is 0 Å². The van der Waals surface area contributed by atoms with Gasteiger partial charge in [0.25, 0.3) is 5.91 Å². The molecule has 0 bridgehead atoms. The Bertz CT molecular complexity index is 779. The maximum atomic E-state index is 12.1. The average Bonchev–Trinajstić information content (AvgIpc) is 2.57. The van der Waals surface area contributed by atoms with Crippen LogP contribution < -0.4 is 10.1 Å². The van der Waals surface area contributed by atoms with Crippen LogP contribution in [0, 0.1) is 0 Å². The summed E-state index contributed by atoms with van der Waals surface area (Å²) in [5.41, 5.74) is 0.966. The molecule has 2 aromatic carbocycles. The summed E-state index contributed by atoms with van der Waals surface area (Å²) in [7, 11) is 0. The largest absolute Gasteiger partial charge is 0.423 e. The Morgan fingerprint density at radius 1 is 1.04 bits per heavy atom. The summed E-state index contributed by atoms with van der Waals surface area (Å²) < 4.78 is 5.13. The smallest absolute Gasteiger partial charge is 0.336 e. The van der Waals surface area contributed by atoms with Crippen molar-refractivity contribution < 1.29 is 14.3 Å². The molecule has 0 aliphatic carbocycles. The summed E-state index contributed by atoms with van der Waals surface area (Å²) in [5, 5.41) is 3.12. The Labute approximate surface area is 145 Å². The van der Waals surface area contributed by atoms with E-state index in [0.29, 0.717) is 22.0 Å². The molecule has 0 saturated carbocycles. The number of nitrogens with one attached hydrogen (secondary N) is 1. The molecule has 0 unspecified atom stereocenters. The van der Waals surface area contributed by atoms with Gasteiger partial charge in [0.05, 0.1) is 10.6 Å². The molecule has 0 aromatic heterocycles. The Kier molecular flexibility index (Phi) is 6.34. The maximum absolute atomic E-state index is 12.1. The normalized spacial score (nSPS) is 10.9. The van der Waals surface area contributed by atoms with Crippen LogP contribution in [-0.2, 0) is 4.79 Å². The van der Waals surface area contributed by atoms with Crippen molar-refractivity contribution in [2.45, 2.75) is 6.92 Å². The Morgan fingerprint density at radius 3 is 2.42 bits per heavy atom. The van der Waals surface area contributed by atoms with E-state index in [4.69, 9.17) is 16.3 Å². The highest BCUT2D eigenvalue weighted by Gasteiger charge is 2.09. The van der Waals surface area contributed by atoms with Gasteiger partial charge in [0, 0.05) is 11.8 Å². The van der Waals surface area contributed by atoms with Crippen LogP contribution in [0.4, 0.5) is 5.69 Å². The molecule has 0 heterocycles. The number of hydrogen-bond acceptors (Lipinski definition) is 3. The lowest BCUT2D eigenvalue weighted by Gasteiger charge is -2.07. The van der Waals surface area contributed by atoms with Crippen LogP contribution in [-0.4, -0.2) is 11.9 Å². The fourth-order valence-corrected chi connectivity index (χ4v) is 2.07. The van der Waals surface area contributed by atoms with Crippen molar-refractivity contribution in [2.24, 2.45) is 0 Å². The van der Waals surface area contributed by atoms with E-state index in [0.717, 1.165) is 0 Å². The molecule has 0 atom stereocenters. The van der Waals surface area contributed by atoms with Gasteiger partial charge < -0.3 is 10.1 Å². The minimum atomic E-state index is -0.471. The first-order valence-electron chi connectivity index (χ1n) is 7.27. The number of carbonyl (C=O) groups is 2. The fraction of sp³-hybridized carbons (Fsp3) is 0.0526. The van der Waals surface area contributed by atoms with Gasteiger partial charge in [0.15, 0.2) is 0 Å². The van der Waals surface area contributed by atoms with Crippen LogP contribution in [0.25, 0.3) is 0 Å². The molecular weight excluding hydrogens is 326 g/mol. The van der Waals surface area contributed by atoms with E-state index in [-0.39, 0.29) is 5.91 Å². The molecule has 4 nitrogen and oxygen atoms in total. The number of allylic oxidation sites excluding steroid dienone is 3. The van der Waals surface area contributed by atoms with E-state index < -0.39 is 5.97 Å². The van der Waals surface area contributed by atoms with Crippen LogP contribution in [0.1, 0.15) is 17.3 Å². The molecular formula is C19H16ClNO3. The number of esters is 1. The number of amides is 1. The first kappa shape index (κ1) is 17.5. The van der Waals surface area contributed by atoms with Crippen molar-refractivity contribution in [2.75, 3.05) is 5.32 Å². The van der Waals surface area contributed by atoms with Gasteiger partial charge in [-0.3, -0.25) is 4.79 Å². The van der Waals surface area contributed by atoms with Gasteiger partial charge in [-0.15, -0.1) is 0 Å². The van der Waals surface area contributed by atoms with Gasteiger partial charge in [0.1, 0.15) is 5.75 Å². The zero-order valence-corrected chi connectivity index (χ0v) is 13.8. The second-order valence-electron chi connectivity index (χ2n) is 4.76. The predicted octanol–water partition coefficient (Wildman–Crippen LogP) is 4.63. The highest BCUT2D eigenvalue weighted by molar-refractivity contribution is 6.34. The van der Waals surface area contributed by atoms with E-state index in [1.807, 2.05) is 6.92 Å². The van der Waals surface area contributed by atoms with Crippen molar-refractivity contribution in [1.29, 1.82) is 0 Å². The summed E-state index contributed by atoms with van der Waals surface area (Å²) >= 11 is 5.99. The second kappa shape index (κ2) is 8.70. The third kappa shape index (κ3) is 5.11. The van der Waals surface area contributed by atoms with Crippen molar-refractivity contribution in [3.05, 3.63) is 83.4 Å². The minimum absolute atomic E-state index is 0.306. The molecule has 0 radical (unpaired) electrons. The topological polar surface area (TPSA) is 55.4 Å². The van der Waals surface area contributed by atoms with Crippen molar-refractivity contribution >= 4 is 29.2 Å². The molecule has 2 rings (SSSR count). The number of carbonyl (C=O) groups excluding carboxylic acids is 2. The third-order valence-corrected chi connectivity index (χ3v) is 3.31. The van der Waals surface area contributed by atoms with E-state index >= 15 is 0 Å². The highest BCUT2D eigenvalue weighted by atomic mass is 35.5. The molecule has 5 heteroatoms. The average molecular weight is 342 g/mol. The number of anilines is 1. The van der Waals surface area contributed by atoms with Crippen LogP contribution in [0.5, 0.6) is 5.75 Å². The molecule has 0 spiro atoms. The zero-order valence-electron chi connectivity index (χ0n) is 13.0. The lowest BCUT2D eigenvalue weighted by molar-refractivity contribution is -0.128. The predicted molar refractivity (Wildman–Crippen MR) is 95.4 cm³/mol. The third-order valence-electron chi connectivity index (χ3n) is 2.98. The molecule has 0 aliphatic heterocycles. The Balaban J connectivity index is 1.98. The monoisotopic (exact) mass is 341 g/mol. The second-order valence-corrected chi connectivity index (χ2v) is 5.17. The van der Waals surface area contributed by atoms with E-state index in [9.17, 15) is 9.59 Å². The van der Waals surface area contributed by atoms with E-state index in [1.54, 1.807) is 66.8 Å². The number of ether oxygens (including phenoxy) is 1. The molecule has 0 saturated heterocycles. The lowest BCUT2D eigenvalue weighted by atomic mass is 10.2. The quantitative estimate of drug-likeness (QED) is 0.373. The van der Waals surface area contributed by atoms with Crippen LogP contribution in [0.2, 0.25) is 5.02 Å². The number of halogens is 1. The van der Waals surface area contributed by atoms with Crippen molar-refractivity contribution in [1.82, 2.24) is 0 Å². The molecule has 122 valence electrons. The van der Waals surface area contributed by atoms with Gasteiger partial charge in [-0.1, -0.05) is 42.0 Å². The highest BCUT2D eigenvalue weighted by Crippen LogP contribution is 2.19. The molecule has 1 amide bonds. The molecule has 1 N–H and O–H groups in total. The Morgan fingerprint density at radius 2 is 1.75 bits per heavy atom. The van der Waals surface area contributed by atoms with Crippen LogP contribution in [0.3, 0.4) is 0 Å². The van der Waals surface area contributed by atoms with Crippen LogP contribution in [0.15, 0.2) is 72.8 Å². The zero-order chi connectivity index (χ0) is 17.4. The lowest BCUT2D eigenvalue weighted by Crippen LogP contribution is -2.12. The fourth-order valence-electron chi connectivity index (χ4n) is 1.85. The standard InChI is InChI=1S/C19H16ClNO3/c1-2-3-4-9-18(22)24-15-12-10-14(11-13-15)21-19(23)16-7-5-6-8-17(16)20/h2-13H,1H3,(H,21,23)/b3-2+,9-4+. The van der Waals surface area contributed by atoms with Crippen LogP contribution >= 0.6 is 11.6 Å². The minimum Gasteiger partial charge on any atom is -0.423 e. The van der Waals surface area contributed by atoms with Gasteiger partial charge in [-0.2, -0.15) is 0 Å². The molecule has 24 heavy (non-hydrogen) atoms. The summed E-state index contributed by atoms with van der Waals surface area (Å²) in [6.07, 6.45) is 6.46. The van der Waals surface area contributed by atoms with Gasteiger partial charge in [-0.05, 0) is 43.3 Å². The van der Waals surface area contributed by atoms with Crippen molar-refractivity contribution in [3.63, 3.8) is 0 Å². The summed E-state index contributed by atoms with van der Waals surface area (Å²) in [6.45, 7) is 1.85. The van der Waals surface area contributed by atoms with Crippen molar-refractivity contribution in [3.8, 4) is 5.75 Å². The molecule has 0 aliphatic rings.